The van der Waals surface area contributed by atoms with E-state index >= 15 is 0 Å². The standard InChI is InChI=1S/C22H25N5OS/c1-15-7-11-20(12-8-15)27-22(24-25-26-27)29-14-21(28)23-16(2)18-10-9-17-5-3-4-6-19(17)13-18/h7-13,16H,3-6,14H2,1-2H3,(H,23,28)/t16-/m0/s1. The van der Waals surface area contributed by atoms with E-state index in [0.29, 0.717) is 5.16 Å². The Morgan fingerprint density at radius 1 is 1.14 bits per heavy atom. The van der Waals surface area contributed by atoms with E-state index in [2.05, 4.69) is 39.0 Å². The second kappa shape index (κ2) is 8.78. The highest BCUT2D eigenvalue weighted by Crippen LogP contribution is 2.25. The van der Waals surface area contributed by atoms with Crippen LogP contribution in [0.3, 0.4) is 0 Å². The molecule has 3 aromatic rings. The molecule has 1 heterocycles. The lowest BCUT2D eigenvalue weighted by atomic mass is 9.89. The number of benzene rings is 2. The fourth-order valence-corrected chi connectivity index (χ4v) is 4.34. The molecule has 0 saturated heterocycles. The number of carbonyl (C=O) groups is 1. The minimum Gasteiger partial charge on any atom is -0.349 e. The number of hydrogen-bond donors (Lipinski definition) is 1. The summed E-state index contributed by atoms with van der Waals surface area (Å²) in [7, 11) is 0. The summed E-state index contributed by atoms with van der Waals surface area (Å²) >= 11 is 1.34. The number of thioether (sulfide) groups is 1. The largest absolute Gasteiger partial charge is 0.349 e. The summed E-state index contributed by atoms with van der Waals surface area (Å²) in [5.74, 6) is 0.236. The maximum Gasteiger partial charge on any atom is 0.230 e. The summed E-state index contributed by atoms with van der Waals surface area (Å²) in [5.41, 5.74) is 6.10. The van der Waals surface area contributed by atoms with Crippen molar-refractivity contribution in [2.24, 2.45) is 0 Å². The quantitative estimate of drug-likeness (QED) is 0.629. The fourth-order valence-electron chi connectivity index (χ4n) is 3.64. The number of carbonyl (C=O) groups excluding carboxylic acids is 1. The molecule has 0 aliphatic heterocycles. The summed E-state index contributed by atoms with van der Waals surface area (Å²) in [4.78, 5) is 12.5. The van der Waals surface area contributed by atoms with Crippen LogP contribution in [0.4, 0.5) is 0 Å². The summed E-state index contributed by atoms with van der Waals surface area (Å²) in [5, 5.41) is 15.6. The number of nitrogens with zero attached hydrogens (tertiary/aromatic N) is 4. The van der Waals surface area contributed by atoms with Crippen LogP contribution in [0.15, 0.2) is 47.6 Å². The van der Waals surface area contributed by atoms with Crippen molar-refractivity contribution >= 4 is 17.7 Å². The summed E-state index contributed by atoms with van der Waals surface area (Å²) in [6.07, 6.45) is 4.84. The van der Waals surface area contributed by atoms with E-state index in [1.54, 1.807) is 4.68 Å². The molecule has 1 aromatic heterocycles. The van der Waals surface area contributed by atoms with Crippen LogP contribution < -0.4 is 5.32 Å². The molecule has 1 aliphatic carbocycles. The molecule has 29 heavy (non-hydrogen) atoms. The number of amides is 1. The van der Waals surface area contributed by atoms with Gasteiger partial charge in [-0.2, -0.15) is 4.68 Å². The van der Waals surface area contributed by atoms with Gasteiger partial charge in [-0.15, -0.1) is 5.10 Å². The van der Waals surface area contributed by atoms with Crippen molar-refractivity contribution in [1.29, 1.82) is 0 Å². The van der Waals surface area contributed by atoms with Crippen LogP contribution in [0.25, 0.3) is 5.69 Å². The topological polar surface area (TPSA) is 72.7 Å². The number of aryl methyl sites for hydroxylation is 3. The maximum absolute atomic E-state index is 12.5. The highest BCUT2D eigenvalue weighted by Gasteiger charge is 2.16. The zero-order chi connectivity index (χ0) is 20.2. The van der Waals surface area contributed by atoms with Crippen LogP contribution in [0.2, 0.25) is 0 Å². The van der Waals surface area contributed by atoms with Crippen molar-refractivity contribution in [1.82, 2.24) is 25.5 Å². The molecule has 0 bridgehead atoms. The third-order valence-corrected chi connectivity index (χ3v) is 6.22. The summed E-state index contributed by atoms with van der Waals surface area (Å²) in [6.45, 7) is 4.07. The number of aromatic nitrogens is 4. The molecule has 150 valence electrons. The Balaban J connectivity index is 1.36. The highest BCUT2D eigenvalue weighted by molar-refractivity contribution is 7.99. The van der Waals surface area contributed by atoms with Gasteiger partial charge in [-0.1, -0.05) is 47.7 Å². The van der Waals surface area contributed by atoms with Gasteiger partial charge in [-0.05, 0) is 78.8 Å². The monoisotopic (exact) mass is 407 g/mol. The third kappa shape index (κ3) is 4.67. The minimum atomic E-state index is -0.0290. The van der Waals surface area contributed by atoms with Crippen LogP contribution in [0.5, 0.6) is 0 Å². The fraction of sp³-hybridized carbons (Fsp3) is 0.364. The lowest BCUT2D eigenvalue weighted by Crippen LogP contribution is -2.28. The Kier molecular flexibility index (Phi) is 5.94. The third-order valence-electron chi connectivity index (χ3n) is 5.30. The smallest absolute Gasteiger partial charge is 0.230 e. The van der Waals surface area contributed by atoms with Gasteiger partial charge in [-0.25, -0.2) is 0 Å². The summed E-state index contributed by atoms with van der Waals surface area (Å²) < 4.78 is 1.66. The lowest BCUT2D eigenvalue weighted by molar-refractivity contribution is -0.119. The van der Waals surface area contributed by atoms with E-state index in [0.717, 1.165) is 17.7 Å². The first-order chi connectivity index (χ1) is 14.1. The SMILES string of the molecule is Cc1ccc(-n2nnnc2SCC(=O)N[C@@H](C)c2ccc3c(c2)CCCC3)cc1. The lowest BCUT2D eigenvalue weighted by Gasteiger charge is -2.20. The molecule has 0 spiro atoms. The molecule has 1 aliphatic rings. The molecule has 6 nitrogen and oxygen atoms in total. The number of tetrazole rings is 1. The number of fused-ring (bicyclic) bond motifs is 1. The van der Waals surface area contributed by atoms with Gasteiger partial charge in [0.1, 0.15) is 0 Å². The van der Waals surface area contributed by atoms with Crippen LogP contribution in [0, 0.1) is 6.92 Å². The molecule has 1 atom stereocenters. The Bertz CT molecular complexity index is 999. The zero-order valence-electron chi connectivity index (χ0n) is 16.8. The predicted molar refractivity (Wildman–Crippen MR) is 114 cm³/mol. The predicted octanol–water partition coefficient (Wildman–Crippen LogP) is 3.82. The van der Waals surface area contributed by atoms with Gasteiger partial charge in [0.15, 0.2) is 0 Å². The first kappa shape index (κ1) is 19.6. The Labute approximate surface area is 175 Å². The van der Waals surface area contributed by atoms with Crippen LogP contribution >= 0.6 is 11.8 Å². The Morgan fingerprint density at radius 2 is 1.90 bits per heavy atom. The van der Waals surface area contributed by atoms with Gasteiger partial charge in [0.2, 0.25) is 11.1 Å². The van der Waals surface area contributed by atoms with E-state index in [4.69, 9.17) is 0 Å². The van der Waals surface area contributed by atoms with Crippen molar-refractivity contribution in [3.8, 4) is 5.69 Å². The molecular weight excluding hydrogens is 382 g/mol. The van der Waals surface area contributed by atoms with Gasteiger partial charge in [-0.3, -0.25) is 4.79 Å². The molecule has 7 heteroatoms. The van der Waals surface area contributed by atoms with Crippen molar-refractivity contribution in [3.63, 3.8) is 0 Å². The molecular formula is C22H25N5OS. The van der Waals surface area contributed by atoms with Crippen LogP contribution in [0.1, 0.15) is 48.1 Å². The number of rotatable bonds is 6. The Morgan fingerprint density at radius 3 is 2.69 bits per heavy atom. The van der Waals surface area contributed by atoms with Gasteiger partial charge in [0.05, 0.1) is 17.5 Å². The van der Waals surface area contributed by atoms with E-state index < -0.39 is 0 Å². The maximum atomic E-state index is 12.5. The van der Waals surface area contributed by atoms with Gasteiger partial charge in [0, 0.05) is 0 Å². The van der Waals surface area contributed by atoms with Crippen LogP contribution in [-0.4, -0.2) is 31.9 Å². The second-order valence-corrected chi connectivity index (χ2v) is 8.46. The van der Waals surface area contributed by atoms with Crippen molar-refractivity contribution in [2.45, 2.75) is 50.7 Å². The first-order valence-corrected chi connectivity index (χ1v) is 11.0. The Hall–Kier alpha value is -2.67. The van der Waals surface area contributed by atoms with E-state index in [1.807, 2.05) is 38.1 Å². The molecule has 2 aromatic carbocycles. The van der Waals surface area contributed by atoms with Gasteiger partial charge in [0.25, 0.3) is 0 Å². The van der Waals surface area contributed by atoms with Crippen molar-refractivity contribution < 1.29 is 4.79 Å². The average Bonchev–Trinajstić information content (AvgIpc) is 3.21. The minimum absolute atomic E-state index is 0.0246. The van der Waals surface area contributed by atoms with Crippen LogP contribution in [-0.2, 0) is 17.6 Å². The average molecular weight is 408 g/mol. The molecule has 1 amide bonds. The number of nitrogens with one attached hydrogen (secondary N) is 1. The van der Waals surface area contributed by atoms with E-state index in [-0.39, 0.29) is 17.7 Å². The normalized spacial score (nSPS) is 14.3. The molecule has 1 N–H and O–H groups in total. The first-order valence-electron chi connectivity index (χ1n) is 9.99. The van der Waals surface area contributed by atoms with E-state index in [1.165, 1.54) is 47.7 Å². The van der Waals surface area contributed by atoms with Crippen molar-refractivity contribution in [2.75, 3.05) is 5.75 Å². The van der Waals surface area contributed by atoms with Gasteiger partial charge < -0.3 is 5.32 Å². The molecule has 0 saturated carbocycles. The molecule has 0 fully saturated rings. The summed E-state index contributed by atoms with van der Waals surface area (Å²) in [6, 6.07) is 14.5. The highest BCUT2D eigenvalue weighted by atomic mass is 32.2. The zero-order valence-corrected chi connectivity index (χ0v) is 17.6. The van der Waals surface area contributed by atoms with E-state index in [9.17, 15) is 4.79 Å². The molecule has 0 radical (unpaired) electrons. The number of hydrogen-bond acceptors (Lipinski definition) is 5. The molecule has 0 unspecified atom stereocenters. The van der Waals surface area contributed by atoms with Crippen molar-refractivity contribution in [3.05, 3.63) is 64.7 Å². The second-order valence-electron chi connectivity index (χ2n) is 7.52. The molecule has 4 rings (SSSR count). The van der Waals surface area contributed by atoms with Gasteiger partial charge >= 0.3 is 0 Å².